The van der Waals surface area contributed by atoms with Crippen LogP contribution in [0.1, 0.15) is 21.7 Å². The Labute approximate surface area is 206 Å². The van der Waals surface area contributed by atoms with Crippen LogP contribution in [0.25, 0.3) is 32.1 Å². The van der Waals surface area contributed by atoms with E-state index in [0.29, 0.717) is 5.76 Å². The van der Waals surface area contributed by atoms with Gasteiger partial charge in [-0.05, 0) is 79.7 Å². The van der Waals surface area contributed by atoms with Crippen LogP contribution in [0.3, 0.4) is 0 Å². The van der Waals surface area contributed by atoms with E-state index in [1.54, 1.807) is 23.5 Å². The van der Waals surface area contributed by atoms with Crippen LogP contribution >= 0.6 is 23.6 Å². The van der Waals surface area contributed by atoms with Gasteiger partial charge in [-0.1, -0.05) is 36.4 Å². The molecule has 2 N–H and O–H groups in total. The first kappa shape index (κ1) is 22.0. The molecule has 1 amide bonds. The number of benzene rings is 3. The van der Waals surface area contributed by atoms with Gasteiger partial charge in [-0.3, -0.25) is 10.1 Å². The molecule has 34 heavy (non-hydrogen) atoms. The van der Waals surface area contributed by atoms with Crippen molar-refractivity contribution in [2.75, 3.05) is 5.32 Å². The molecule has 0 atom stereocenters. The highest BCUT2D eigenvalue weighted by molar-refractivity contribution is 7.80. The lowest BCUT2D eigenvalue weighted by molar-refractivity contribution is 0.0951. The largest absolute Gasteiger partial charge is 0.451 e. The molecule has 2 heterocycles. The summed E-state index contributed by atoms with van der Waals surface area (Å²) in [6.07, 6.45) is 0. The van der Waals surface area contributed by atoms with Crippen molar-refractivity contribution in [1.29, 1.82) is 0 Å². The molecule has 0 unspecified atom stereocenters. The van der Waals surface area contributed by atoms with Gasteiger partial charge in [0, 0.05) is 16.8 Å². The van der Waals surface area contributed by atoms with E-state index in [1.165, 1.54) is 11.1 Å². The summed E-state index contributed by atoms with van der Waals surface area (Å²) >= 11 is 6.99. The van der Waals surface area contributed by atoms with Crippen LogP contribution in [0.2, 0.25) is 0 Å². The molecule has 0 spiro atoms. The zero-order chi connectivity index (χ0) is 23.7. The third kappa shape index (κ3) is 4.62. The Kier molecular flexibility index (Phi) is 5.96. The molecule has 0 fully saturated rings. The van der Waals surface area contributed by atoms with Gasteiger partial charge in [0.25, 0.3) is 5.91 Å². The topological polar surface area (TPSA) is 67.2 Å². The van der Waals surface area contributed by atoms with Crippen molar-refractivity contribution in [3.63, 3.8) is 0 Å². The minimum absolute atomic E-state index is 0.190. The zero-order valence-corrected chi connectivity index (χ0v) is 20.2. The lowest BCUT2D eigenvalue weighted by Gasteiger charge is -2.09. The van der Waals surface area contributed by atoms with Gasteiger partial charge >= 0.3 is 0 Å². The number of aryl methyl sites for hydroxylation is 2. The molecule has 0 aliphatic carbocycles. The predicted molar refractivity (Wildman–Crippen MR) is 142 cm³/mol. The smallest absolute Gasteiger partial charge is 0.293 e. The number of furan rings is 1. The van der Waals surface area contributed by atoms with Crippen molar-refractivity contribution in [2.45, 2.75) is 13.8 Å². The van der Waals surface area contributed by atoms with E-state index in [9.17, 15) is 4.79 Å². The first-order valence-electron chi connectivity index (χ1n) is 10.7. The number of carbonyl (C=O) groups is 1. The third-order valence-electron chi connectivity index (χ3n) is 5.51. The molecule has 0 aliphatic heterocycles. The fourth-order valence-corrected chi connectivity index (χ4v) is 4.74. The summed E-state index contributed by atoms with van der Waals surface area (Å²) in [4.78, 5) is 17.4. The summed E-state index contributed by atoms with van der Waals surface area (Å²) < 4.78 is 6.91. The number of hydrogen-bond acceptors (Lipinski definition) is 5. The van der Waals surface area contributed by atoms with Gasteiger partial charge in [0.2, 0.25) is 0 Å². The molecule has 7 heteroatoms. The van der Waals surface area contributed by atoms with Gasteiger partial charge in [0.05, 0.1) is 10.2 Å². The van der Waals surface area contributed by atoms with Crippen molar-refractivity contribution < 1.29 is 9.21 Å². The molecular formula is C27H21N3O2S2. The minimum atomic E-state index is -0.407. The molecule has 5 aromatic rings. The van der Waals surface area contributed by atoms with Gasteiger partial charge in [-0.2, -0.15) is 0 Å². The number of anilines is 1. The van der Waals surface area contributed by atoms with Crippen LogP contribution in [0.5, 0.6) is 0 Å². The summed E-state index contributed by atoms with van der Waals surface area (Å²) in [7, 11) is 0. The lowest BCUT2D eigenvalue weighted by atomic mass is 10.1. The van der Waals surface area contributed by atoms with E-state index in [2.05, 4.69) is 23.6 Å². The quantitative estimate of drug-likeness (QED) is 0.270. The summed E-state index contributed by atoms with van der Waals surface area (Å²) in [6.45, 7) is 4.11. The maximum Gasteiger partial charge on any atom is 0.293 e. The van der Waals surface area contributed by atoms with Gasteiger partial charge in [-0.15, -0.1) is 11.3 Å². The Hall–Kier alpha value is -3.81. The lowest BCUT2D eigenvalue weighted by Crippen LogP contribution is -2.33. The summed E-state index contributed by atoms with van der Waals surface area (Å²) in [5.41, 5.74) is 6.01. The Balaban J connectivity index is 1.26. The number of thiazole rings is 1. The van der Waals surface area contributed by atoms with Gasteiger partial charge in [-0.25, -0.2) is 4.98 Å². The molecule has 5 nitrogen and oxygen atoms in total. The minimum Gasteiger partial charge on any atom is -0.451 e. The number of rotatable bonds is 4. The maximum absolute atomic E-state index is 12.7. The number of thiocarbonyl (C=S) groups is 1. The third-order valence-corrected chi connectivity index (χ3v) is 6.80. The second-order valence-corrected chi connectivity index (χ2v) is 9.38. The maximum atomic E-state index is 12.7. The van der Waals surface area contributed by atoms with Crippen LogP contribution in [-0.2, 0) is 0 Å². The monoisotopic (exact) mass is 483 g/mol. The SMILES string of the molecule is Cc1ccc(-c2ccc(C(=O)NC(=S)Nc3cccc(-c4nc5ccccc5s4)c3)o2)cc1C. The first-order chi connectivity index (χ1) is 16.5. The average Bonchev–Trinajstić information content (AvgIpc) is 3.49. The van der Waals surface area contributed by atoms with Crippen LogP contribution in [0.15, 0.2) is 83.3 Å². The molecule has 0 saturated heterocycles. The molecule has 0 saturated carbocycles. The number of hydrogen-bond donors (Lipinski definition) is 2. The molecule has 3 aromatic carbocycles. The molecular weight excluding hydrogens is 462 g/mol. The number of nitrogens with one attached hydrogen (secondary N) is 2. The summed E-state index contributed by atoms with van der Waals surface area (Å²) in [5, 5.41) is 6.87. The van der Waals surface area contributed by atoms with Crippen LogP contribution in [0, 0.1) is 13.8 Å². The predicted octanol–water partition coefficient (Wildman–Crippen LogP) is 6.97. The second-order valence-electron chi connectivity index (χ2n) is 7.94. The van der Waals surface area contributed by atoms with Crippen molar-refractivity contribution in [2.24, 2.45) is 0 Å². The van der Waals surface area contributed by atoms with Crippen molar-refractivity contribution >= 4 is 50.5 Å². The Bertz CT molecular complexity index is 1500. The van der Waals surface area contributed by atoms with E-state index < -0.39 is 5.91 Å². The summed E-state index contributed by atoms with van der Waals surface area (Å²) in [6, 6.07) is 25.3. The Morgan fingerprint density at radius 2 is 1.76 bits per heavy atom. The van der Waals surface area contributed by atoms with Gasteiger partial charge in [0.15, 0.2) is 10.9 Å². The standard InChI is InChI=1S/C27H21N3O2S2/c1-16-10-11-18(14-17(16)2)22-12-13-23(32-22)25(31)30-27(33)28-20-7-5-6-19(15-20)26-29-21-8-3-4-9-24(21)34-26/h3-15H,1-2H3,(H2,28,30,31,33). The van der Waals surface area contributed by atoms with Crippen molar-refractivity contribution in [1.82, 2.24) is 10.3 Å². The summed E-state index contributed by atoms with van der Waals surface area (Å²) in [5.74, 6) is 0.422. The fraction of sp³-hybridized carbons (Fsp3) is 0.0741. The van der Waals surface area contributed by atoms with E-state index >= 15 is 0 Å². The number of nitrogens with zero attached hydrogens (tertiary/aromatic N) is 1. The number of para-hydroxylation sites is 1. The highest BCUT2D eigenvalue weighted by Crippen LogP contribution is 2.31. The normalized spacial score (nSPS) is 10.9. The van der Waals surface area contributed by atoms with Crippen molar-refractivity contribution in [3.8, 4) is 21.9 Å². The first-order valence-corrected chi connectivity index (χ1v) is 11.9. The van der Waals surface area contributed by atoms with E-state index in [1.807, 2.05) is 67.6 Å². The average molecular weight is 484 g/mol. The van der Waals surface area contributed by atoms with Crippen molar-refractivity contribution in [3.05, 3.63) is 95.7 Å². The van der Waals surface area contributed by atoms with E-state index in [-0.39, 0.29) is 10.9 Å². The molecule has 168 valence electrons. The Morgan fingerprint density at radius 3 is 2.59 bits per heavy atom. The van der Waals surface area contributed by atoms with Gasteiger partial charge in [0.1, 0.15) is 10.8 Å². The molecule has 5 rings (SSSR count). The van der Waals surface area contributed by atoms with Crippen LogP contribution in [0.4, 0.5) is 5.69 Å². The second kappa shape index (κ2) is 9.21. The van der Waals surface area contributed by atoms with E-state index in [4.69, 9.17) is 21.6 Å². The van der Waals surface area contributed by atoms with Crippen LogP contribution in [-0.4, -0.2) is 16.0 Å². The fourth-order valence-electron chi connectivity index (χ4n) is 3.56. The molecule has 0 aliphatic rings. The Morgan fingerprint density at radius 1 is 0.912 bits per heavy atom. The number of fused-ring (bicyclic) bond motifs is 1. The molecule has 2 aromatic heterocycles. The van der Waals surface area contributed by atoms with Crippen LogP contribution < -0.4 is 10.6 Å². The highest BCUT2D eigenvalue weighted by Gasteiger charge is 2.14. The van der Waals surface area contributed by atoms with Gasteiger partial charge < -0.3 is 9.73 Å². The van der Waals surface area contributed by atoms with E-state index in [0.717, 1.165) is 32.0 Å². The number of aromatic nitrogens is 1. The molecule has 0 bridgehead atoms. The number of amides is 1. The zero-order valence-electron chi connectivity index (χ0n) is 18.6. The highest BCUT2D eigenvalue weighted by atomic mass is 32.1. The molecule has 0 radical (unpaired) electrons. The number of carbonyl (C=O) groups excluding carboxylic acids is 1.